The van der Waals surface area contributed by atoms with E-state index in [0.29, 0.717) is 5.92 Å². The predicted octanol–water partition coefficient (Wildman–Crippen LogP) is 4.23. The highest BCUT2D eigenvalue weighted by molar-refractivity contribution is 5.76. The summed E-state index contributed by atoms with van der Waals surface area (Å²) in [5.74, 6) is 1.49. The molecule has 31 heavy (non-hydrogen) atoms. The van der Waals surface area contributed by atoms with E-state index in [1.807, 2.05) is 30.9 Å². The fourth-order valence-corrected chi connectivity index (χ4v) is 5.52. The summed E-state index contributed by atoms with van der Waals surface area (Å²) in [6.45, 7) is 8.16. The van der Waals surface area contributed by atoms with Gasteiger partial charge in [-0.1, -0.05) is 36.4 Å². The first kappa shape index (κ1) is 20.4. The van der Waals surface area contributed by atoms with E-state index in [2.05, 4.69) is 46.6 Å². The molecule has 1 N–H and O–H groups in total. The van der Waals surface area contributed by atoms with E-state index in [0.717, 1.165) is 30.8 Å². The van der Waals surface area contributed by atoms with E-state index in [1.54, 1.807) is 0 Å². The van der Waals surface area contributed by atoms with Crippen LogP contribution in [0.25, 0.3) is 0 Å². The van der Waals surface area contributed by atoms with Gasteiger partial charge >= 0.3 is 6.03 Å². The Morgan fingerprint density at radius 1 is 1.03 bits per heavy atom. The Labute approximate surface area is 185 Å². The Bertz CT molecular complexity index is 919. The van der Waals surface area contributed by atoms with Gasteiger partial charge in [0, 0.05) is 19.1 Å². The van der Waals surface area contributed by atoms with Crippen molar-refractivity contribution in [3.8, 4) is 5.75 Å². The van der Waals surface area contributed by atoms with Gasteiger partial charge in [0.15, 0.2) is 0 Å². The van der Waals surface area contributed by atoms with Crippen LogP contribution in [0.4, 0.5) is 4.79 Å². The number of ether oxygens (including phenoxy) is 1. The van der Waals surface area contributed by atoms with E-state index in [4.69, 9.17) is 4.74 Å². The van der Waals surface area contributed by atoms with Crippen molar-refractivity contribution < 1.29 is 9.53 Å². The summed E-state index contributed by atoms with van der Waals surface area (Å²) in [6.07, 6.45) is 3.45. The minimum atomic E-state index is -0.0702. The number of nitrogens with one attached hydrogen (secondary N) is 1. The molecule has 0 spiro atoms. The number of piperidine rings is 3. The molecule has 2 bridgehead atoms. The van der Waals surface area contributed by atoms with E-state index < -0.39 is 0 Å². The van der Waals surface area contributed by atoms with Crippen LogP contribution < -0.4 is 10.1 Å². The topological polar surface area (TPSA) is 44.8 Å². The van der Waals surface area contributed by atoms with Gasteiger partial charge in [-0.05, 0) is 80.9 Å². The second kappa shape index (κ2) is 8.54. The molecular formula is C26H33N3O2. The molecule has 0 aliphatic carbocycles. The van der Waals surface area contributed by atoms with E-state index in [9.17, 15) is 4.79 Å². The Morgan fingerprint density at radius 3 is 2.45 bits per heavy atom. The normalized spacial score (nSPS) is 27.1. The lowest BCUT2D eigenvalue weighted by Gasteiger charge is -2.46. The van der Waals surface area contributed by atoms with Crippen molar-refractivity contribution in [1.82, 2.24) is 15.1 Å². The Morgan fingerprint density at radius 2 is 1.77 bits per heavy atom. The number of rotatable bonds is 4. The van der Waals surface area contributed by atoms with Crippen molar-refractivity contribution in [2.24, 2.45) is 5.92 Å². The summed E-state index contributed by atoms with van der Waals surface area (Å²) in [7, 11) is 0. The SMILES string of the molecule is CC(C)Oc1ccc(C2c3ccccc3CCN2C(=O)NC2CN3CCC2CC3)cc1. The number of hydrogen-bond donors (Lipinski definition) is 1. The molecule has 2 aromatic rings. The second-order valence-corrected chi connectivity index (χ2v) is 9.47. The number of carbonyl (C=O) groups excluding carboxylic acids is 1. The summed E-state index contributed by atoms with van der Waals surface area (Å²) in [4.78, 5) is 18.0. The number of fused-ring (bicyclic) bond motifs is 4. The highest BCUT2D eigenvalue weighted by Gasteiger charge is 2.38. The molecule has 0 aromatic heterocycles. The number of amides is 2. The van der Waals surface area contributed by atoms with Gasteiger partial charge in [0.2, 0.25) is 0 Å². The molecule has 2 unspecified atom stereocenters. The lowest BCUT2D eigenvalue weighted by molar-refractivity contribution is 0.0715. The summed E-state index contributed by atoms with van der Waals surface area (Å²) >= 11 is 0. The molecule has 5 heteroatoms. The summed E-state index contributed by atoms with van der Waals surface area (Å²) in [5.41, 5.74) is 3.70. The van der Waals surface area contributed by atoms with E-state index >= 15 is 0 Å². The van der Waals surface area contributed by atoms with Crippen LogP contribution >= 0.6 is 0 Å². The molecule has 5 nitrogen and oxygen atoms in total. The van der Waals surface area contributed by atoms with Crippen LogP contribution in [0, 0.1) is 5.92 Å². The van der Waals surface area contributed by atoms with Crippen molar-refractivity contribution in [3.63, 3.8) is 0 Å². The fourth-order valence-electron chi connectivity index (χ4n) is 5.52. The van der Waals surface area contributed by atoms with Gasteiger partial charge in [-0.25, -0.2) is 4.79 Å². The zero-order chi connectivity index (χ0) is 21.4. The number of benzene rings is 2. The first-order valence-corrected chi connectivity index (χ1v) is 11.7. The molecule has 2 aromatic carbocycles. The number of nitrogens with zero attached hydrogens (tertiary/aromatic N) is 2. The van der Waals surface area contributed by atoms with Gasteiger partial charge < -0.3 is 19.9 Å². The molecule has 0 radical (unpaired) electrons. The Balaban J connectivity index is 1.41. The van der Waals surface area contributed by atoms with Crippen molar-refractivity contribution in [2.45, 2.75) is 51.3 Å². The van der Waals surface area contributed by atoms with E-state index in [-0.39, 0.29) is 24.2 Å². The van der Waals surface area contributed by atoms with E-state index in [1.165, 1.54) is 37.1 Å². The predicted molar refractivity (Wildman–Crippen MR) is 122 cm³/mol. The van der Waals surface area contributed by atoms with Gasteiger partial charge in [0.25, 0.3) is 0 Å². The Kier molecular flexibility index (Phi) is 5.61. The first-order chi connectivity index (χ1) is 15.1. The lowest BCUT2D eigenvalue weighted by Crippen LogP contribution is -2.59. The smallest absolute Gasteiger partial charge is 0.318 e. The van der Waals surface area contributed by atoms with Crippen LogP contribution in [0.5, 0.6) is 5.75 Å². The molecule has 3 fully saturated rings. The highest BCUT2D eigenvalue weighted by atomic mass is 16.5. The molecule has 4 heterocycles. The standard InChI is InChI=1S/C26H33N3O2/c1-18(2)31-22-9-7-21(8-10-22)25-23-6-4-3-5-19(23)13-16-29(25)26(30)27-24-17-28-14-11-20(24)12-15-28/h3-10,18,20,24-25H,11-17H2,1-2H3,(H,27,30). The largest absolute Gasteiger partial charge is 0.491 e. The molecular weight excluding hydrogens is 386 g/mol. The van der Waals surface area contributed by atoms with Crippen molar-refractivity contribution in [2.75, 3.05) is 26.2 Å². The molecule has 6 rings (SSSR count). The Hall–Kier alpha value is -2.53. The van der Waals surface area contributed by atoms with Gasteiger partial charge in [0.05, 0.1) is 12.1 Å². The summed E-state index contributed by atoms with van der Waals surface area (Å²) in [6, 6.07) is 17.1. The molecule has 4 aliphatic heterocycles. The minimum absolute atomic E-state index is 0.0701. The fraction of sp³-hybridized carbons (Fsp3) is 0.500. The van der Waals surface area contributed by atoms with Crippen molar-refractivity contribution >= 4 is 6.03 Å². The third-order valence-electron chi connectivity index (χ3n) is 7.08. The van der Waals surface area contributed by atoms with Crippen molar-refractivity contribution in [3.05, 3.63) is 65.2 Å². The minimum Gasteiger partial charge on any atom is -0.491 e. The molecule has 2 amide bonds. The average Bonchev–Trinajstić information content (AvgIpc) is 2.79. The van der Waals surface area contributed by atoms with Crippen LogP contribution in [0.15, 0.2) is 48.5 Å². The number of urea groups is 1. The van der Waals surface area contributed by atoms with Gasteiger partial charge in [0.1, 0.15) is 5.75 Å². The molecule has 164 valence electrons. The van der Waals surface area contributed by atoms with Crippen LogP contribution in [0.2, 0.25) is 0 Å². The second-order valence-electron chi connectivity index (χ2n) is 9.47. The third-order valence-corrected chi connectivity index (χ3v) is 7.08. The summed E-state index contributed by atoms with van der Waals surface area (Å²) in [5, 5.41) is 3.41. The van der Waals surface area contributed by atoms with Crippen molar-refractivity contribution in [1.29, 1.82) is 0 Å². The first-order valence-electron chi connectivity index (χ1n) is 11.7. The zero-order valence-electron chi connectivity index (χ0n) is 18.6. The highest BCUT2D eigenvalue weighted by Crippen LogP contribution is 2.36. The lowest BCUT2D eigenvalue weighted by atomic mass is 9.84. The van der Waals surface area contributed by atoms with Gasteiger partial charge in [-0.15, -0.1) is 0 Å². The third kappa shape index (κ3) is 4.16. The number of carbonyl (C=O) groups is 1. The zero-order valence-corrected chi connectivity index (χ0v) is 18.6. The summed E-state index contributed by atoms with van der Waals surface area (Å²) < 4.78 is 5.83. The molecule has 2 atom stereocenters. The maximum absolute atomic E-state index is 13.5. The monoisotopic (exact) mass is 419 g/mol. The van der Waals surface area contributed by atoms with Gasteiger partial charge in [-0.2, -0.15) is 0 Å². The van der Waals surface area contributed by atoms with Crippen LogP contribution in [0.3, 0.4) is 0 Å². The average molecular weight is 420 g/mol. The van der Waals surface area contributed by atoms with Gasteiger partial charge in [-0.3, -0.25) is 0 Å². The molecule has 3 saturated heterocycles. The maximum atomic E-state index is 13.5. The van der Waals surface area contributed by atoms with Crippen LogP contribution in [-0.4, -0.2) is 54.2 Å². The van der Waals surface area contributed by atoms with Crippen LogP contribution in [0.1, 0.15) is 49.4 Å². The van der Waals surface area contributed by atoms with Crippen LogP contribution in [-0.2, 0) is 6.42 Å². The maximum Gasteiger partial charge on any atom is 0.318 e. The molecule has 0 saturated carbocycles. The quantitative estimate of drug-likeness (QED) is 0.807. The molecule has 4 aliphatic rings. The number of hydrogen-bond acceptors (Lipinski definition) is 3.